The van der Waals surface area contributed by atoms with Gasteiger partial charge in [0.05, 0.1) is 11.3 Å². The molecule has 1 saturated carbocycles. The maximum Gasteiger partial charge on any atom is 0.228 e. The molecule has 2 fully saturated rings. The van der Waals surface area contributed by atoms with Crippen molar-refractivity contribution in [3.8, 4) is 5.82 Å². The van der Waals surface area contributed by atoms with E-state index in [4.69, 9.17) is 4.74 Å². The summed E-state index contributed by atoms with van der Waals surface area (Å²) < 4.78 is 7.74. The highest BCUT2D eigenvalue weighted by atomic mass is 16.5. The summed E-state index contributed by atoms with van der Waals surface area (Å²) in [7, 11) is 0. The van der Waals surface area contributed by atoms with Gasteiger partial charge in [-0.25, -0.2) is 4.98 Å². The normalized spacial score (nSPS) is 22.2. The molecule has 0 bridgehead atoms. The molecule has 2 aliphatic rings. The average molecular weight is 340 g/mol. The Labute approximate surface area is 147 Å². The molecule has 1 spiro atoms. The fraction of sp³-hybridized carbons (Fsp3) is 0.526. The van der Waals surface area contributed by atoms with E-state index in [0.29, 0.717) is 18.2 Å². The predicted octanol–water partition coefficient (Wildman–Crippen LogP) is 3.25. The van der Waals surface area contributed by atoms with Gasteiger partial charge in [0, 0.05) is 24.8 Å². The average Bonchev–Trinajstić information content (AvgIpc) is 3.22. The highest BCUT2D eigenvalue weighted by molar-refractivity contribution is 5.92. The number of rotatable bonds is 3. The summed E-state index contributed by atoms with van der Waals surface area (Å²) in [5.41, 5.74) is 0.789. The molecule has 1 N–H and O–H groups in total. The van der Waals surface area contributed by atoms with Crippen LogP contribution in [-0.2, 0) is 9.53 Å². The number of anilines is 1. The molecule has 0 aromatic carbocycles. The van der Waals surface area contributed by atoms with Crippen LogP contribution in [0.25, 0.3) is 5.82 Å². The van der Waals surface area contributed by atoms with Crippen LogP contribution >= 0.6 is 0 Å². The number of aromatic nitrogens is 3. The quantitative estimate of drug-likeness (QED) is 0.931. The molecule has 1 unspecified atom stereocenters. The standard InChI is InChI=1S/C19H24N4O2/c1-14-12-17(23(22-14)16-6-2-5-10-20-16)21-18(24)15-7-11-25-19(13-15)8-3-4-9-19/h2,5-6,10,12,15H,3-4,7-9,11,13H2,1H3,(H,21,24). The molecule has 1 atom stereocenters. The van der Waals surface area contributed by atoms with Crippen molar-refractivity contribution in [2.75, 3.05) is 11.9 Å². The van der Waals surface area contributed by atoms with E-state index in [2.05, 4.69) is 15.4 Å². The van der Waals surface area contributed by atoms with Crippen molar-refractivity contribution in [1.29, 1.82) is 0 Å². The second-order valence-corrected chi connectivity index (χ2v) is 7.19. The molecule has 6 heteroatoms. The van der Waals surface area contributed by atoms with Gasteiger partial charge in [-0.3, -0.25) is 4.79 Å². The number of carbonyl (C=O) groups excluding carboxylic acids is 1. The summed E-state index contributed by atoms with van der Waals surface area (Å²) in [6.07, 6.45) is 7.92. The Kier molecular flexibility index (Phi) is 4.29. The van der Waals surface area contributed by atoms with Crippen molar-refractivity contribution in [2.24, 2.45) is 5.92 Å². The van der Waals surface area contributed by atoms with Gasteiger partial charge in [-0.15, -0.1) is 0 Å². The van der Waals surface area contributed by atoms with E-state index in [-0.39, 0.29) is 17.4 Å². The zero-order valence-electron chi connectivity index (χ0n) is 14.6. The number of amides is 1. The van der Waals surface area contributed by atoms with Crippen molar-refractivity contribution < 1.29 is 9.53 Å². The summed E-state index contributed by atoms with van der Waals surface area (Å²) in [6, 6.07) is 7.54. The number of nitrogens with zero attached hydrogens (tertiary/aromatic N) is 3. The lowest BCUT2D eigenvalue weighted by atomic mass is 9.84. The molecule has 0 radical (unpaired) electrons. The van der Waals surface area contributed by atoms with Crippen molar-refractivity contribution >= 4 is 11.7 Å². The van der Waals surface area contributed by atoms with Crippen LogP contribution in [0.5, 0.6) is 0 Å². The SMILES string of the molecule is Cc1cc(NC(=O)C2CCOC3(CCCC3)C2)n(-c2ccccn2)n1. The van der Waals surface area contributed by atoms with Gasteiger partial charge in [0.1, 0.15) is 5.82 Å². The van der Waals surface area contributed by atoms with E-state index < -0.39 is 0 Å². The Bertz CT molecular complexity index is 750. The van der Waals surface area contributed by atoms with Crippen LogP contribution in [0.4, 0.5) is 5.82 Å². The smallest absolute Gasteiger partial charge is 0.228 e. The van der Waals surface area contributed by atoms with Gasteiger partial charge < -0.3 is 10.1 Å². The Hall–Kier alpha value is -2.21. The first kappa shape index (κ1) is 16.3. The molecule has 2 aromatic rings. The van der Waals surface area contributed by atoms with E-state index in [0.717, 1.165) is 31.4 Å². The van der Waals surface area contributed by atoms with Gasteiger partial charge in [0.2, 0.25) is 5.91 Å². The van der Waals surface area contributed by atoms with Gasteiger partial charge in [-0.1, -0.05) is 18.9 Å². The molecular formula is C19H24N4O2. The first-order valence-electron chi connectivity index (χ1n) is 9.08. The third-order valence-electron chi connectivity index (χ3n) is 5.33. The highest BCUT2D eigenvalue weighted by Crippen LogP contribution is 2.42. The number of hydrogen-bond acceptors (Lipinski definition) is 4. The number of ether oxygens (including phenoxy) is 1. The Balaban J connectivity index is 1.51. The Morgan fingerprint density at radius 2 is 2.20 bits per heavy atom. The van der Waals surface area contributed by atoms with E-state index >= 15 is 0 Å². The van der Waals surface area contributed by atoms with Crippen LogP contribution in [0.1, 0.15) is 44.2 Å². The lowest BCUT2D eigenvalue weighted by Gasteiger charge is -2.37. The first-order chi connectivity index (χ1) is 12.2. The molecule has 1 aliphatic carbocycles. The second-order valence-electron chi connectivity index (χ2n) is 7.19. The lowest BCUT2D eigenvalue weighted by molar-refractivity contribution is -0.133. The first-order valence-corrected chi connectivity index (χ1v) is 9.08. The summed E-state index contributed by atoms with van der Waals surface area (Å²) in [5, 5.41) is 7.54. The Morgan fingerprint density at radius 3 is 2.96 bits per heavy atom. The topological polar surface area (TPSA) is 69.0 Å². The Morgan fingerprint density at radius 1 is 1.36 bits per heavy atom. The minimum Gasteiger partial charge on any atom is -0.375 e. The second kappa shape index (κ2) is 6.59. The van der Waals surface area contributed by atoms with Gasteiger partial charge in [-0.2, -0.15) is 9.78 Å². The maximum absolute atomic E-state index is 12.9. The summed E-state index contributed by atoms with van der Waals surface area (Å²) >= 11 is 0. The van der Waals surface area contributed by atoms with Crippen LogP contribution in [0.15, 0.2) is 30.5 Å². The van der Waals surface area contributed by atoms with Crippen LogP contribution in [0.3, 0.4) is 0 Å². The number of aryl methyl sites for hydroxylation is 1. The predicted molar refractivity (Wildman–Crippen MR) is 94.6 cm³/mol. The fourth-order valence-electron chi connectivity index (χ4n) is 4.09. The van der Waals surface area contributed by atoms with Crippen molar-refractivity contribution in [1.82, 2.24) is 14.8 Å². The minimum absolute atomic E-state index is 0.000705. The number of nitrogens with one attached hydrogen (secondary N) is 1. The number of hydrogen-bond donors (Lipinski definition) is 1. The highest BCUT2D eigenvalue weighted by Gasteiger charge is 2.42. The van der Waals surface area contributed by atoms with E-state index in [1.54, 1.807) is 10.9 Å². The van der Waals surface area contributed by atoms with Crippen molar-refractivity contribution in [2.45, 2.75) is 51.0 Å². The number of pyridine rings is 1. The van der Waals surface area contributed by atoms with Crippen molar-refractivity contribution in [3.05, 3.63) is 36.2 Å². The number of carbonyl (C=O) groups is 1. The monoisotopic (exact) mass is 340 g/mol. The van der Waals surface area contributed by atoms with E-state index in [1.165, 1.54) is 12.8 Å². The molecule has 4 rings (SSSR count). The molecule has 3 heterocycles. The third kappa shape index (κ3) is 3.31. The molecular weight excluding hydrogens is 316 g/mol. The van der Waals surface area contributed by atoms with Crippen LogP contribution < -0.4 is 5.32 Å². The summed E-state index contributed by atoms with van der Waals surface area (Å²) in [5.74, 6) is 1.43. The molecule has 25 heavy (non-hydrogen) atoms. The van der Waals surface area contributed by atoms with Crippen LogP contribution in [-0.4, -0.2) is 32.9 Å². The third-order valence-corrected chi connectivity index (χ3v) is 5.33. The van der Waals surface area contributed by atoms with Crippen molar-refractivity contribution in [3.63, 3.8) is 0 Å². The van der Waals surface area contributed by atoms with E-state index in [9.17, 15) is 4.79 Å². The van der Waals surface area contributed by atoms with Gasteiger partial charge in [0.15, 0.2) is 5.82 Å². The van der Waals surface area contributed by atoms with Gasteiger partial charge in [-0.05, 0) is 44.7 Å². The zero-order valence-corrected chi connectivity index (χ0v) is 14.6. The lowest BCUT2D eigenvalue weighted by Crippen LogP contribution is -2.41. The van der Waals surface area contributed by atoms with Crippen LogP contribution in [0, 0.1) is 12.8 Å². The molecule has 132 valence electrons. The molecule has 2 aromatic heterocycles. The van der Waals surface area contributed by atoms with Gasteiger partial charge in [0.25, 0.3) is 0 Å². The van der Waals surface area contributed by atoms with E-state index in [1.807, 2.05) is 31.2 Å². The summed E-state index contributed by atoms with van der Waals surface area (Å²) in [6.45, 7) is 2.59. The molecule has 1 aliphatic heterocycles. The minimum atomic E-state index is -0.0581. The van der Waals surface area contributed by atoms with Gasteiger partial charge >= 0.3 is 0 Å². The van der Waals surface area contributed by atoms with Crippen LogP contribution in [0.2, 0.25) is 0 Å². The zero-order chi connectivity index (χ0) is 17.3. The largest absolute Gasteiger partial charge is 0.375 e. The molecule has 1 amide bonds. The summed E-state index contributed by atoms with van der Waals surface area (Å²) in [4.78, 5) is 17.2. The maximum atomic E-state index is 12.9. The fourth-order valence-corrected chi connectivity index (χ4v) is 4.09. The molecule has 6 nitrogen and oxygen atoms in total. The molecule has 1 saturated heterocycles.